The Balaban J connectivity index is 1.78. The number of ether oxygens (including phenoxy) is 2. The highest BCUT2D eigenvalue weighted by molar-refractivity contribution is 6.06. The number of hydrogen-bond acceptors (Lipinski definition) is 6. The smallest absolute Gasteiger partial charge is 0.310 e. The highest BCUT2D eigenvalue weighted by Crippen LogP contribution is 2.28. The first-order valence-corrected chi connectivity index (χ1v) is 8.72. The van der Waals surface area contributed by atoms with Gasteiger partial charge in [-0.15, -0.1) is 0 Å². The molecule has 0 saturated carbocycles. The summed E-state index contributed by atoms with van der Waals surface area (Å²) < 4.78 is 12.6. The van der Waals surface area contributed by atoms with Crippen LogP contribution in [0.15, 0.2) is 60.9 Å². The zero-order chi connectivity index (χ0) is 20.8. The number of rotatable bonds is 8. The van der Waals surface area contributed by atoms with Crippen LogP contribution in [0, 0.1) is 10.1 Å². The maximum Gasteiger partial charge on any atom is 0.310 e. The molecule has 0 aliphatic carbocycles. The third-order valence-corrected chi connectivity index (χ3v) is 4.17. The zero-order valence-corrected chi connectivity index (χ0v) is 15.9. The van der Waals surface area contributed by atoms with Crippen LogP contribution in [0.25, 0.3) is 6.08 Å². The molecule has 0 atom stereocenters. The second kappa shape index (κ2) is 8.83. The Morgan fingerprint density at radius 3 is 2.72 bits per heavy atom. The zero-order valence-electron chi connectivity index (χ0n) is 15.9. The number of ketones is 1. The van der Waals surface area contributed by atoms with Gasteiger partial charge in [0.2, 0.25) is 0 Å². The lowest BCUT2D eigenvalue weighted by molar-refractivity contribution is -0.385. The van der Waals surface area contributed by atoms with Crippen molar-refractivity contribution in [3.63, 3.8) is 0 Å². The molecule has 0 amide bonds. The van der Waals surface area contributed by atoms with E-state index >= 15 is 0 Å². The first-order chi connectivity index (χ1) is 14.0. The molecule has 2 aromatic carbocycles. The van der Waals surface area contributed by atoms with Gasteiger partial charge in [-0.25, -0.2) is 0 Å². The summed E-state index contributed by atoms with van der Waals surface area (Å²) in [6.07, 6.45) is 6.30. The van der Waals surface area contributed by atoms with E-state index in [2.05, 4.69) is 5.10 Å². The number of nitro groups is 1. The third kappa shape index (κ3) is 4.86. The lowest BCUT2D eigenvalue weighted by Crippen LogP contribution is -2.01. The number of methoxy groups -OCH3 is 1. The minimum Gasteiger partial charge on any atom is -0.496 e. The van der Waals surface area contributed by atoms with Crippen molar-refractivity contribution in [3.05, 3.63) is 87.7 Å². The molecule has 3 rings (SSSR count). The van der Waals surface area contributed by atoms with Crippen molar-refractivity contribution in [1.82, 2.24) is 9.78 Å². The molecular formula is C21H19N3O5. The average Bonchev–Trinajstić information content (AvgIpc) is 3.17. The van der Waals surface area contributed by atoms with E-state index in [9.17, 15) is 14.9 Å². The van der Waals surface area contributed by atoms with Crippen LogP contribution < -0.4 is 9.47 Å². The number of allylic oxidation sites excluding steroid dienone is 1. The van der Waals surface area contributed by atoms with Gasteiger partial charge in [-0.2, -0.15) is 5.10 Å². The molecule has 29 heavy (non-hydrogen) atoms. The van der Waals surface area contributed by atoms with E-state index < -0.39 is 4.92 Å². The fourth-order valence-corrected chi connectivity index (χ4v) is 2.72. The molecule has 148 valence electrons. The lowest BCUT2D eigenvalue weighted by atomic mass is 10.1. The standard InChI is InChI=1S/C21H19N3O5/c1-23-13-17(12-22-23)19(25)9-7-15-8-10-20(28-2)16(11-15)14-29-21-6-4-3-5-18(21)24(26)27/h3-13H,14H2,1-2H3/b9-7+. The first-order valence-electron chi connectivity index (χ1n) is 8.72. The van der Waals surface area contributed by atoms with Crippen molar-refractivity contribution in [2.24, 2.45) is 7.05 Å². The maximum absolute atomic E-state index is 12.2. The second-order valence-electron chi connectivity index (χ2n) is 6.19. The predicted molar refractivity (Wildman–Crippen MR) is 107 cm³/mol. The molecule has 0 spiro atoms. The van der Waals surface area contributed by atoms with Crippen LogP contribution >= 0.6 is 0 Å². The van der Waals surface area contributed by atoms with Gasteiger partial charge in [-0.05, 0) is 29.8 Å². The van der Waals surface area contributed by atoms with Crippen molar-refractivity contribution >= 4 is 17.5 Å². The van der Waals surface area contributed by atoms with Gasteiger partial charge in [0, 0.05) is 24.9 Å². The topological polar surface area (TPSA) is 96.5 Å². The van der Waals surface area contributed by atoms with Crippen molar-refractivity contribution in [3.8, 4) is 11.5 Å². The van der Waals surface area contributed by atoms with E-state index in [1.54, 1.807) is 60.4 Å². The molecule has 3 aromatic rings. The van der Waals surface area contributed by atoms with Crippen LogP contribution in [-0.2, 0) is 13.7 Å². The van der Waals surface area contributed by atoms with Gasteiger partial charge >= 0.3 is 5.69 Å². The Hall–Kier alpha value is -3.94. The molecule has 0 unspecified atom stereocenters. The number of hydrogen-bond donors (Lipinski definition) is 0. The molecule has 0 fully saturated rings. The quantitative estimate of drug-likeness (QED) is 0.250. The van der Waals surface area contributed by atoms with E-state index in [0.29, 0.717) is 16.9 Å². The Morgan fingerprint density at radius 1 is 1.24 bits per heavy atom. The minimum absolute atomic E-state index is 0.0757. The summed E-state index contributed by atoms with van der Waals surface area (Å²) in [6, 6.07) is 11.5. The van der Waals surface area contributed by atoms with Crippen LogP contribution in [0.2, 0.25) is 0 Å². The molecule has 0 aliphatic heterocycles. The van der Waals surface area contributed by atoms with E-state index in [0.717, 1.165) is 5.56 Å². The number of para-hydroxylation sites is 2. The fraction of sp³-hybridized carbons (Fsp3) is 0.143. The number of benzene rings is 2. The predicted octanol–water partition coefficient (Wildman–Crippen LogP) is 3.81. The van der Waals surface area contributed by atoms with E-state index in [-0.39, 0.29) is 23.8 Å². The molecule has 1 heterocycles. The van der Waals surface area contributed by atoms with Crippen LogP contribution in [-0.4, -0.2) is 27.6 Å². The number of carbonyl (C=O) groups is 1. The summed E-state index contributed by atoms with van der Waals surface area (Å²) >= 11 is 0. The monoisotopic (exact) mass is 393 g/mol. The molecule has 0 radical (unpaired) electrons. The molecule has 0 saturated heterocycles. The Labute approximate surface area is 167 Å². The summed E-state index contributed by atoms with van der Waals surface area (Å²) in [7, 11) is 3.28. The average molecular weight is 393 g/mol. The number of carbonyl (C=O) groups excluding carboxylic acids is 1. The highest BCUT2D eigenvalue weighted by atomic mass is 16.6. The number of aryl methyl sites for hydroxylation is 1. The number of aromatic nitrogens is 2. The van der Waals surface area contributed by atoms with Gasteiger partial charge in [0.05, 0.1) is 23.8 Å². The molecule has 0 bridgehead atoms. The molecule has 1 aromatic heterocycles. The SMILES string of the molecule is COc1ccc(/C=C/C(=O)c2cnn(C)c2)cc1COc1ccccc1[N+](=O)[O-]. The number of nitrogens with zero attached hydrogens (tertiary/aromatic N) is 3. The summed E-state index contributed by atoms with van der Waals surface area (Å²) in [5.41, 5.74) is 1.85. The Morgan fingerprint density at radius 2 is 2.03 bits per heavy atom. The van der Waals surface area contributed by atoms with Gasteiger partial charge in [0.25, 0.3) is 0 Å². The van der Waals surface area contributed by atoms with Crippen LogP contribution in [0.3, 0.4) is 0 Å². The molecular weight excluding hydrogens is 374 g/mol. The normalized spacial score (nSPS) is 10.8. The second-order valence-corrected chi connectivity index (χ2v) is 6.19. The highest BCUT2D eigenvalue weighted by Gasteiger charge is 2.14. The van der Waals surface area contributed by atoms with Gasteiger partial charge in [-0.3, -0.25) is 19.6 Å². The van der Waals surface area contributed by atoms with Gasteiger partial charge in [0.15, 0.2) is 11.5 Å². The Kier molecular flexibility index (Phi) is 6.03. The van der Waals surface area contributed by atoms with E-state index in [1.165, 1.54) is 25.4 Å². The molecule has 8 nitrogen and oxygen atoms in total. The summed E-state index contributed by atoms with van der Waals surface area (Å²) in [5.74, 6) is 0.596. The number of nitro benzene ring substituents is 1. The molecule has 0 N–H and O–H groups in total. The summed E-state index contributed by atoms with van der Waals surface area (Å²) in [4.78, 5) is 22.8. The maximum atomic E-state index is 12.2. The fourth-order valence-electron chi connectivity index (χ4n) is 2.72. The molecule has 0 aliphatic rings. The van der Waals surface area contributed by atoms with Crippen LogP contribution in [0.4, 0.5) is 5.69 Å². The summed E-state index contributed by atoms with van der Waals surface area (Å²) in [6.45, 7) is 0.0757. The van der Waals surface area contributed by atoms with Crippen molar-refractivity contribution in [2.45, 2.75) is 6.61 Å². The van der Waals surface area contributed by atoms with Crippen molar-refractivity contribution in [1.29, 1.82) is 0 Å². The van der Waals surface area contributed by atoms with Gasteiger partial charge in [-0.1, -0.05) is 24.3 Å². The third-order valence-electron chi connectivity index (χ3n) is 4.17. The van der Waals surface area contributed by atoms with Crippen LogP contribution in [0.5, 0.6) is 11.5 Å². The van der Waals surface area contributed by atoms with Gasteiger partial charge < -0.3 is 9.47 Å². The summed E-state index contributed by atoms with van der Waals surface area (Å²) in [5, 5.41) is 15.1. The van der Waals surface area contributed by atoms with Crippen molar-refractivity contribution < 1.29 is 19.2 Å². The minimum atomic E-state index is -0.490. The van der Waals surface area contributed by atoms with Crippen molar-refractivity contribution in [2.75, 3.05) is 7.11 Å². The van der Waals surface area contributed by atoms with Gasteiger partial charge in [0.1, 0.15) is 12.4 Å². The van der Waals surface area contributed by atoms with E-state index in [4.69, 9.17) is 9.47 Å². The Bertz CT molecular complexity index is 1070. The molecule has 8 heteroatoms. The lowest BCUT2D eigenvalue weighted by Gasteiger charge is -2.11. The van der Waals surface area contributed by atoms with Crippen LogP contribution in [0.1, 0.15) is 21.5 Å². The largest absolute Gasteiger partial charge is 0.496 e. The first kappa shape index (κ1) is 19.8. The van der Waals surface area contributed by atoms with E-state index in [1.807, 2.05) is 0 Å².